The summed E-state index contributed by atoms with van der Waals surface area (Å²) < 4.78 is 13.3. The van der Waals surface area contributed by atoms with E-state index >= 15 is 0 Å². The van der Waals surface area contributed by atoms with Gasteiger partial charge in [0.15, 0.2) is 11.3 Å². The largest absolute Gasteiger partial charge is 0.475 e. The monoisotopic (exact) mass is 426 g/mol. The quantitative estimate of drug-likeness (QED) is 0.498. The van der Waals surface area contributed by atoms with Crippen LogP contribution in [0.1, 0.15) is 19.4 Å². The highest BCUT2D eigenvalue weighted by Gasteiger charge is 2.23. The second-order valence-corrected chi connectivity index (χ2v) is 7.31. The van der Waals surface area contributed by atoms with Crippen LogP contribution in [-0.2, 0) is 11.3 Å². The van der Waals surface area contributed by atoms with Crippen molar-refractivity contribution >= 4 is 28.6 Å². The van der Waals surface area contributed by atoms with Crippen LogP contribution in [0, 0.1) is 6.92 Å². The predicted molar refractivity (Wildman–Crippen MR) is 120 cm³/mol. The standard InChI is InChI=1S/C21H30N8O2/c1-4-30-13-12-29-18-17(20(27-29)31-5-2)25-21(28-10-8-22-9-11-28)26-19(18)24-16-14-15(3)6-7-23-16/h6-7,14,22H,4-5,8-13H2,1-3H3,(H,23,24,25,26). The van der Waals surface area contributed by atoms with Crippen molar-refractivity contribution in [2.45, 2.75) is 27.3 Å². The Morgan fingerprint density at radius 1 is 1.16 bits per heavy atom. The maximum absolute atomic E-state index is 5.84. The maximum atomic E-state index is 5.84. The zero-order valence-electron chi connectivity index (χ0n) is 18.4. The van der Waals surface area contributed by atoms with E-state index in [1.54, 1.807) is 6.20 Å². The van der Waals surface area contributed by atoms with Crippen molar-refractivity contribution in [2.24, 2.45) is 0 Å². The third kappa shape index (κ3) is 4.86. The van der Waals surface area contributed by atoms with Crippen molar-refractivity contribution in [2.75, 3.05) is 56.2 Å². The lowest BCUT2D eigenvalue weighted by Crippen LogP contribution is -2.44. The van der Waals surface area contributed by atoms with Gasteiger partial charge in [0.05, 0.1) is 19.8 Å². The first-order chi connectivity index (χ1) is 15.2. The number of piperazine rings is 1. The summed E-state index contributed by atoms with van der Waals surface area (Å²) in [4.78, 5) is 16.4. The van der Waals surface area contributed by atoms with Gasteiger partial charge in [-0.15, -0.1) is 5.10 Å². The first kappa shape index (κ1) is 21.3. The van der Waals surface area contributed by atoms with E-state index in [9.17, 15) is 0 Å². The molecule has 0 atom stereocenters. The molecular weight excluding hydrogens is 396 g/mol. The molecule has 0 bridgehead atoms. The fourth-order valence-corrected chi connectivity index (χ4v) is 3.55. The van der Waals surface area contributed by atoms with E-state index in [4.69, 9.17) is 19.4 Å². The Bertz CT molecular complexity index is 1020. The van der Waals surface area contributed by atoms with Crippen LogP contribution in [0.15, 0.2) is 18.3 Å². The molecule has 166 valence electrons. The Morgan fingerprint density at radius 2 is 2.00 bits per heavy atom. The molecule has 2 N–H and O–H groups in total. The normalized spacial score (nSPS) is 14.2. The molecule has 31 heavy (non-hydrogen) atoms. The zero-order chi connectivity index (χ0) is 21.6. The highest BCUT2D eigenvalue weighted by atomic mass is 16.5. The molecule has 10 heteroatoms. The average molecular weight is 427 g/mol. The van der Waals surface area contributed by atoms with Crippen molar-refractivity contribution < 1.29 is 9.47 Å². The van der Waals surface area contributed by atoms with Crippen LogP contribution in [0.5, 0.6) is 5.88 Å². The van der Waals surface area contributed by atoms with Crippen LogP contribution >= 0.6 is 0 Å². The van der Waals surface area contributed by atoms with E-state index in [-0.39, 0.29) is 0 Å². The van der Waals surface area contributed by atoms with Gasteiger partial charge in [0.1, 0.15) is 11.3 Å². The molecular formula is C21H30N8O2. The van der Waals surface area contributed by atoms with Crippen molar-refractivity contribution in [1.29, 1.82) is 0 Å². The highest BCUT2D eigenvalue weighted by Crippen LogP contribution is 2.32. The zero-order valence-corrected chi connectivity index (χ0v) is 18.4. The van der Waals surface area contributed by atoms with Gasteiger partial charge in [0.2, 0.25) is 5.95 Å². The first-order valence-electron chi connectivity index (χ1n) is 10.8. The molecule has 0 unspecified atom stereocenters. The lowest BCUT2D eigenvalue weighted by Gasteiger charge is -2.27. The molecule has 0 aliphatic carbocycles. The molecule has 10 nitrogen and oxygen atoms in total. The van der Waals surface area contributed by atoms with Gasteiger partial charge < -0.3 is 25.0 Å². The summed E-state index contributed by atoms with van der Waals surface area (Å²) in [6.45, 7) is 11.7. The molecule has 4 rings (SSSR count). The van der Waals surface area contributed by atoms with Crippen LogP contribution in [-0.4, -0.2) is 70.7 Å². The number of hydrogen-bond donors (Lipinski definition) is 2. The Kier molecular flexibility index (Phi) is 6.78. The van der Waals surface area contributed by atoms with Crippen LogP contribution < -0.4 is 20.3 Å². The lowest BCUT2D eigenvalue weighted by molar-refractivity contribution is 0.137. The highest BCUT2D eigenvalue weighted by molar-refractivity contribution is 5.92. The molecule has 0 aromatic carbocycles. The molecule has 3 aromatic rings. The maximum Gasteiger partial charge on any atom is 0.259 e. The fourth-order valence-electron chi connectivity index (χ4n) is 3.55. The van der Waals surface area contributed by atoms with Crippen molar-refractivity contribution in [1.82, 2.24) is 30.0 Å². The second kappa shape index (κ2) is 9.88. The Balaban J connectivity index is 1.82. The summed E-state index contributed by atoms with van der Waals surface area (Å²) in [6, 6.07) is 3.95. The molecule has 1 aliphatic rings. The van der Waals surface area contributed by atoms with Gasteiger partial charge in [0.25, 0.3) is 5.88 Å². The van der Waals surface area contributed by atoms with E-state index in [0.29, 0.717) is 49.5 Å². The summed E-state index contributed by atoms with van der Waals surface area (Å²) in [5.74, 6) is 2.55. The average Bonchev–Trinajstić information content (AvgIpc) is 3.12. The van der Waals surface area contributed by atoms with Crippen LogP contribution in [0.4, 0.5) is 17.6 Å². The molecule has 0 amide bonds. The van der Waals surface area contributed by atoms with E-state index < -0.39 is 0 Å². The fraction of sp³-hybridized carbons (Fsp3) is 0.524. The number of pyridine rings is 1. The number of ether oxygens (including phenoxy) is 2. The molecule has 4 heterocycles. The summed E-state index contributed by atoms with van der Waals surface area (Å²) in [7, 11) is 0. The molecule has 0 saturated carbocycles. The molecule has 1 saturated heterocycles. The number of anilines is 3. The van der Waals surface area contributed by atoms with E-state index in [0.717, 1.165) is 43.1 Å². The SMILES string of the molecule is CCOCCn1nc(OCC)c2nc(N3CCNCC3)nc(Nc3cc(C)ccn3)c21. The smallest absolute Gasteiger partial charge is 0.259 e. The summed E-state index contributed by atoms with van der Waals surface area (Å²) >= 11 is 0. The predicted octanol–water partition coefficient (Wildman–Crippen LogP) is 2.12. The molecule has 1 fully saturated rings. The summed E-state index contributed by atoms with van der Waals surface area (Å²) in [6.07, 6.45) is 1.78. The van der Waals surface area contributed by atoms with E-state index in [1.807, 2.05) is 37.6 Å². The van der Waals surface area contributed by atoms with Gasteiger partial charge in [-0.1, -0.05) is 0 Å². The molecule has 3 aromatic heterocycles. The third-order valence-electron chi connectivity index (χ3n) is 5.04. The van der Waals surface area contributed by atoms with Gasteiger partial charge in [-0.25, -0.2) is 9.97 Å². The van der Waals surface area contributed by atoms with Crippen LogP contribution in [0.25, 0.3) is 11.0 Å². The number of nitrogens with one attached hydrogen (secondary N) is 2. The van der Waals surface area contributed by atoms with Crippen molar-refractivity contribution in [3.05, 3.63) is 23.9 Å². The Hall–Kier alpha value is -2.98. The second-order valence-electron chi connectivity index (χ2n) is 7.31. The number of hydrogen-bond acceptors (Lipinski definition) is 9. The number of aryl methyl sites for hydroxylation is 1. The first-order valence-corrected chi connectivity index (χ1v) is 10.8. The summed E-state index contributed by atoms with van der Waals surface area (Å²) in [5.41, 5.74) is 2.59. The number of aromatic nitrogens is 5. The minimum absolute atomic E-state index is 0.507. The van der Waals surface area contributed by atoms with Gasteiger partial charge in [-0.3, -0.25) is 4.68 Å². The van der Waals surface area contributed by atoms with Crippen LogP contribution in [0.3, 0.4) is 0 Å². The minimum Gasteiger partial charge on any atom is -0.475 e. The summed E-state index contributed by atoms with van der Waals surface area (Å²) in [5, 5.41) is 11.4. The Morgan fingerprint density at radius 3 is 2.74 bits per heavy atom. The van der Waals surface area contributed by atoms with Gasteiger partial charge in [0, 0.05) is 39.0 Å². The van der Waals surface area contributed by atoms with Gasteiger partial charge in [-0.2, -0.15) is 4.98 Å². The van der Waals surface area contributed by atoms with Gasteiger partial charge in [-0.05, 0) is 38.5 Å². The van der Waals surface area contributed by atoms with Crippen LogP contribution in [0.2, 0.25) is 0 Å². The molecule has 1 aliphatic heterocycles. The lowest BCUT2D eigenvalue weighted by atomic mass is 10.3. The third-order valence-corrected chi connectivity index (χ3v) is 5.04. The topological polar surface area (TPSA) is 102 Å². The Labute approximate surface area is 182 Å². The van der Waals surface area contributed by atoms with Gasteiger partial charge >= 0.3 is 0 Å². The van der Waals surface area contributed by atoms with E-state index in [2.05, 4.69) is 25.6 Å². The number of nitrogens with zero attached hydrogens (tertiary/aromatic N) is 6. The number of fused-ring (bicyclic) bond motifs is 1. The number of rotatable bonds is 9. The minimum atomic E-state index is 0.507. The van der Waals surface area contributed by atoms with Crippen molar-refractivity contribution in [3.8, 4) is 5.88 Å². The molecule has 0 spiro atoms. The van der Waals surface area contributed by atoms with Crippen molar-refractivity contribution in [3.63, 3.8) is 0 Å². The molecule has 0 radical (unpaired) electrons. The van der Waals surface area contributed by atoms with E-state index in [1.165, 1.54) is 0 Å².